The van der Waals surface area contributed by atoms with E-state index in [1.165, 1.54) is 24.1 Å². The highest BCUT2D eigenvalue weighted by molar-refractivity contribution is 5.16. The van der Waals surface area contributed by atoms with E-state index in [0.717, 1.165) is 6.54 Å². The summed E-state index contributed by atoms with van der Waals surface area (Å²) in [5, 5.41) is 17.2. The molecule has 2 N–H and O–H groups in total. The summed E-state index contributed by atoms with van der Waals surface area (Å²) in [6, 6.07) is 0. The minimum Gasteiger partial charge on any atom is -0.394 e. The van der Waals surface area contributed by atoms with Crippen LogP contribution in [-0.2, 0) is 13.6 Å². The fourth-order valence-electron chi connectivity index (χ4n) is 2.06. The van der Waals surface area contributed by atoms with Crippen LogP contribution in [0.5, 0.6) is 0 Å². The number of nitrogens with one attached hydrogen (secondary N) is 1. The lowest BCUT2D eigenvalue weighted by molar-refractivity contribution is 0.153. The maximum atomic E-state index is 9.46. The van der Waals surface area contributed by atoms with Crippen LogP contribution in [0.25, 0.3) is 0 Å². The van der Waals surface area contributed by atoms with Gasteiger partial charge in [0.25, 0.3) is 0 Å². The molecule has 0 saturated heterocycles. The molecule has 1 heterocycles. The monoisotopic (exact) mass is 223 g/mol. The zero-order valence-corrected chi connectivity index (χ0v) is 10.3. The Kier molecular flexibility index (Phi) is 3.04. The highest BCUT2D eigenvalue weighted by Gasteiger charge is 2.40. The molecular formula is C12H21N3O. The van der Waals surface area contributed by atoms with Crippen LogP contribution in [0.4, 0.5) is 0 Å². The maximum absolute atomic E-state index is 9.46. The second kappa shape index (κ2) is 4.18. The fraction of sp³-hybridized carbons (Fsp3) is 0.750. The Hall–Kier alpha value is -0.870. The van der Waals surface area contributed by atoms with Gasteiger partial charge in [-0.1, -0.05) is 0 Å². The Balaban J connectivity index is 1.98. The van der Waals surface area contributed by atoms with E-state index in [4.69, 9.17) is 0 Å². The average molecular weight is 223 g/mol. The predicted octanol–water partition coefficient (Wildman–Crippen LogP) is 0.979. The molecule has 0 radical (unpaired) electrons. The molecule has 90 valence electrons. The molecule has 1 saturated carbocycles. The normalized spacial score (nSPS) is 19.8. The third kappa shape index (κ3) is 2.13. The van der Waals surface area contributed by atoms with Gasteiger partial charge in [-0.25, -0.2) is 0 Å². The van der Waals surface area contributed by atoms with Crippen LogP contribution < -0.4 is 5.32 Å². The van der Waals surface area contributed by atoms with Crippen molar-refractivity contribution in [3.63, 3.8) is 0 Å². The minimum absolute atomic E-state index is 0.123. The van der Waals surface area contributed by atoms with Gasteiger partial charge in [-0.05, 0) is 32.6 Å². The van der Waals surface area contributed by atoms with E-state index >= 15 is 0 Å². The quantitative estimate of drug-likeness (QED) is 0.782. The first kappa shape index (κ1) is 11.6. The third-order valence-corrected chi connectivity index (χ3v) is 3.83. The molecule has 1 fully saturated rings. The minimum atomic E-state index is -0.123. The van der Waals surface area contributed by atoms with Gasteiger partial charge in [-0.15, -0.1) is 0 Å². The molecule has 0 bridgehead atoms. The third-order valence-electron chi connectivity index (χ3n) is 3.83. The van der Waals surface area contributed by atoms with E-state index < -0.39 is 0 Å². The molecule has 1 unspecified atom stereocenters. The molecule has 0 aromatic carbocycles. The van der Waals surface area contributed by atoms with E-state index in [0.29, 0.717) is 5.92 Å². The number of hydrogen-bond donors (Lipinski definition) is 2. The van der Waals surface area contributed by atoms with Crippen molar-refractivity contribution in [2.75, 3.05) is 6.61 Å². The smallest absolute Gasteiger partial charge is 0.0613 e. The molecule has 2 rings (SSSR count). The molecule has 1 aliphatic rings. The van der Waals surface area contributed by atoms with Crippen LogP contribution in [-0.4, -0.2) is 27.0 Å². The average Bonchev–Trinajstić information content (AvgIpc) is 3.07. The zero-order chi connectivity index (χ0) is 11.8. The van der Waals surface area contributed by atoms with Crippen molar-refractivity contribution in [2.24, 2.45) is 13.0 Å². The van der Waals surface area contributed by atoms with Crippen LogP contribution in [0.3, 0.4) is 0 Å². The predicted molar refractivity (Wildman–Crippen MR) is 63.0 cm³/mol. The summed E-state index contributed by atoms with van der Waals surface area (Å²) in [5.74, 6) is 0.634. The summed E-state index contributed by atoms with van der Waals surface area (Å²) >= 11 is 0. The number of nitrogens with zero attached hydrogens (tertiary/aromatic N) is 2. The van der Waals surface area contributed by atoms with Crippen LogP contribution in [0.1, 0.15) is 31.0 Å². The zero-order valence-electron chi connectivity index (χ0n) is 10.3. The Bertz CT molecular complexity index is 370. The topological polar surface area (TPSA) is 50.1 Å². The standard InChI is InChI=1S/C12H21N3O/c1-9-10(7-14-15(9)3)6-13-12(2,8-16)11-4-5-11/h7,11,13,16H,4-6,8H2,1-3H3. The van der Waals surface area contributed by atoms with Crippen LogP contribution in [0.15, 0.2) is 6.20 Å². The van der Waals surface area contributed by atoms with Gasteiger partial charge >= 0.3 is 0 Å². The summed E-state index contributed by atoms with van der Waals surface area (Å²) in [4.78, 5) is 0. The van der Waals surface area contributed by atoms with Crippen LogP contribution in [0, 0.1) is 12.8 Å². The lowest BCUT2D eigenvalue weighted by Crippen LogP contribution is -2.47. The van der Waals surface area contributed by atoms with Gasteiger partial charge in [-0.3, -0.25) is 4.68 Å². The molecule has 0 spiro atoms. The lowest BCUT2D eigenvalue weighted by Gasteiger charge is -2.28. The molecular weight excluding hydrogens is 202 g/mol. The highest BCUT2D eigenvalue weighted by atomic mass is 16.3. The molecule has 0 aliphatic heterocycles. The van der Waals surface area contributed by atoms with Crippen molar-refractivity contribution in [1.82, 2.24) is 15.1 Å². The summed E-state index contributed by atoms with van der Waals surface area (Å²) in [6.45, 7) is 5.16. The first-order chi connectivity index (χ1) is 7.57. The summed E-state index contributed by atoms with van der Waals surface area (Å²) < 4.78 is 1.88. The van der Waals surface area contributed by atoms with E-state index in [1.807, 2.05) is 17.9 Å². The SMILES string of the molecule is Cc1c(CNC(C)(CO)C2CC2)cnn1C. The van der Waals surface area contributed by atoms with Gasteiger partial charge in [0.05, 0.1) is 12.8 Å². The first-order valence-corrected chi connectivity index (χ1v) is 5.90. The van der Waals surface area contributed by atoms with E-state index in [2.05, 4.69) is 24.3 Å². The molecule has 4 nitrogen and oxygen atoms in total. The second-order valence-electron chi connectivity index (χ2n) is 5.08. The van der Waals surface area contributed by atoms with Gasteiger partial charge in [0.2, 0.25) is 0 Å². The Morgan fingerprint density at radius 2 is 2.31 bits per heavy atom. The molecule has 1 aliphatic carbocycles. The van der Waals surface area contributed by atoms with Crippen LogP contribution in [0.2, 0.25) is 0 Å². The van der Waals surface area contributed by atoms with Crippen molar-refractivity contribution in [3.05, 3.63) is 17.5 Å². The molecule has 1 atom stereocenters. The maximum Gasteiger partial charge on any atom is 0.0613 e. The van der Waals surface area contributed by atoms with Crippen molar-refractivity contribution in [3.8, 4) is 0 Å². The Labute approximate surface area is 96.7 Å². The molecule has 16 heavy (non-hydrogen) atoms. The van der Waals surface area contributed by atoms with E-state index in [9.17, 15) is 5.11 Å². The number of aliphatic hydroxyl groups is 1. The van der Waals surface area contributed by atoms with Gasteiger partial charge in [-0.2, -0.15) is 5.10 Å². The molecule has 1 aromatic heterocycles. The van der Waals surface area contributed by atoms with E-state index in [1.54, 1.807) is 0 Å². The number of aromatic nitrogens is 2. The number of rotatable bonds is 5. The van der Waals surface area contributed by atoms with Crippen LogP contribution >= 0.6 is 0 Å². The van der Waals surface area contributed by atoms with Crippen molar-refractivity contribution in [2.45, 2.75) is 38.8 Å². The molecule has 4 heteroatoms. The number of aliphatic hydroxyl groups excluding tert-OH is 1. The Morgan fingerprint density at radius 1 is 1.62 bits per heavy atom. The highest BCUT2D eigenvalue weighted by Crippen LogP contribution is 2.39. The molecule has 1 aromatic rings. The van der Waals surface area contributed by atoms with Gasteiger partial charge in [0, 0.05) is 30.4 Å². The first-order valence-electron chi connectivity index (χ1n) is 5.90. The number of hydrogen-bond acceptors (Lipinski definition) is 3. The van der Waals surface area contributed by atoms with Crippen molar-refractivity contribution in [1.29, 1.82) is 0 Å². The van der Waals surface area contributed by atoms with E-state index in [-0.39, 0.29) is 12.1 Å². The Morgan fingerprint density at radius 3 is 2.75 bits per heavy atom. The molecule has 0 amide bonds. The van der Waals surface area contributed by atoms with Crippen molar-refractivity contribution < 1.29 is 5.11 Å². The number of aryl methyl sites for hydroxylation is 1. The summed E-state index contributed by atoms with van der Waals surface area (Å²) in [7, 11) is 1.95. The van der Waals surface area contributed by atoms with Crippen molar-refractivity contribution >= 4 is 0 Å². The largest absolute Gasteiger partial charge is 0.394 e. The second-order valence-corrected chi connectivity index (χ2v) is 5.08. The summed E-state index contributed by atoms with van der Waals surface area (Å²) in [5.41, 5.74) is 2.27. The van der Waals surface area contributed by atoms with Gasteiger partial charge < -0.3 is 10.4 Å². The van der Waals surface area contributed by atoms with Gasteiger partial charge in [0.1, 0.15) is 0 Å². The lowest BCUT2D eigenvalue weighted by atomic mass is 9.96. The fourth-order valence-corrected chi connectivity index (χ4v) is 2.06. The van der Waals surface area contributed by atoms with Gasteiger partial charge in [0.15, 0.2) is 0 Å². The summed E-state index contributed by atoms with van der Waals surface area (Å²) in [6.07, 6.45) is 4.36.